The van der Waals surface area contributed by atoms with Gasteiger partial charge in [0.05, 0.1) is 0 Å². The lowest BCUT2D eigenvalue weighted by atomic mass is 9.65. The van der Waals surface area contributed by atoms with E-state index in [1.54, 1.807) is 0 Å². The summed E-state index contributed by atoms with van der Waals surface area (Å²) in [7, 11) is 0. The number of rotatable bonds is 3. The maximum absolute atomic E-state index is 11.7. The first kappa shape index (κ1) is 13.2. The van der Waals surface area contributed by atoms with Gasteiger partial charge in [-0.3, -0.25) is 4.79 Å². The molecule has 3 nitrogen and oxygen atoms in total. The van der Waals surface area contributed by atoms with Crippen LogP contribution in [0.1, 0.15) is 44.9 Å². The van der Waals surface area contributed by atoms with Crippen molar-refractivity contribution in [2.24, 2.45) is 5.41 Å². The highest BCUT2D eigenvalue weighted by atomic mass is 35.5. The summed E-state index contributed by atoms with van der Waals surface area (Å²) in [4.78, 5) is 11.7. The monoisotopic (exact) mass is 258 g/mol. The molecule has 0 aromatic carbocycles. The third-order valence-electron chi connectivity index (χ3n) is 4.41. The van der Waals surface area contributed by atoms with Gasteiger partial charge in [-0.05, 0) is 44.2 Å². The highest BCUT2D eigenvalue weighted by molar-refractivity contribution is 6.18. The van der Waals surface area contributed by atoms with Gasteiger partial charge in [-0.15, -0.1) is 11.6 Å². The molecule has 1 saturated heterocycles. The van der Waals surface area contributed by atoms with E-state index in [0.29, 0.717) is 23.8 Å². The maximum atomic E-state index is 11.7. The molecule has 1 unspecified atom stereocenters. The van der Waals surface area contributed by atoms with Crippen molar-refractivity contribution in [3.63, 3.8) is 0 Å². The molecule has 1 atom stereocenters. The van der Waals surface area contributed by atoms with Crippen molar-refractivity contribution in [2.75, 3.05) is 19.0 Å². The summed E-state index contributed by atoms with van der Waals surface area (Å²) in [5.74, 6) is 0.553. The first-order chi connectivity index (χ1) is 8.27. The van der Waals surface area contributed by atoms with Gasteiger partial charge in [0.25, 0.3) is 0 Å². The number of piperidine rings is 1. The predicted octanol–water partition coefficient (Wildman–Crippen LogP) is 2.04. The Hall–Kier alpha value is -0.280. The van der Waals surface area contributed by atoms with Crippen molar-refractivity contribution in [1.82, 2.24) is 10.6 Å². The van der Waals surface area contributed by atoms with Crippen LogP contribution < -0.4 is 10.6 Å². The number of halogens is 1. The number of amides is 1. The number of hydrogen-bond acceptors (Lipinski definition) is 2. The second kappa shape index (κ2) is 6.05. The predicted molar refractivity (Wildman–Crippen MR) is 70.3 cm³/mol. The molecule has 1 aliphatic heterocycles. The zero-order valence-electron chi connectivity index (χ0n) is 10.4. The molecule has 1 spiro atoms. The van der Waals surface area contributed by atoms with Crippen molar-refractivity contribution in [1.29, 1.82) is 0 Å². The Morgan fingerprint density at radius 3 is 2.76 bits per heavy atom. The van der Waals surface area contributed by atoms with Crippen molar-refractivity contribution < 1.29 is 4.79 Å². The number of carbonyl (C=O) groups is 1. The first-order valence-electron chi connectivity index (χ1n) is 6.83. The number of alkyl halides is 1. The molecule has 1 heterocycles. The number of carbonyl (C=O) groups excluding carboxylic acids is 1. The molecule has 1 amide bonds. The summed E-state index contributed by atoms with van der Waals surface area (Å²) in [6, 6.07) is 0.383. The van der Waals surface area contributed by atoms with Gasteiger partial charge in [0.2, 0.25) is 5.91 Å². The molecule has 98 valence electrons. The van der Waals surface area contributed by atoms with Crippen LogP contribution in [0.2, 0.25) is 0 Å². The van der Waals surface area contributed by atoms with E-state index < -0.39 is 0 Å². The third-order valence-corrected chi connectivity index (χ3v) is 4.60. The Labute approximate surface area is 109 Å². The number of nitrogens with one attached hydrogen (secondary N) is 2. The largest absolute Gasteiger partial charge is 0.353 e. The molecule has 0 bridgehead atoms. The SMILES string of the molecule is O=C(CCCl)NC1CCCCC12CCNCC2. The molecule has 4 heteroatoms. The smallest absolute Gasteiger partial charge is 0.221 e. The first-order valence-corrected chi connectivity index (χ1v) is 7.36. The summed E-state index contributed by atoms with van der Waals surface area (Å²) in [6.07, 6.45) is 7.86. The van der Waals surface area contributed by atoms with Gasteiger partial charge in [-0.2, -0.15) is 0 Å². The average molecular weight is 259 g/mol. The summed E-state index contributed by atoms with van der Waals surface area (Å²) in [6.45, 7) is 2.20. The average Bonchev–Trinajstić information content (AvgIpc) is 2.34. The molecule has 0 radical (unpaired) electrons. The van der Waals surface area contributed by atoms with Crippen molar-refractivity contribution in [2.45, 2.75) is 51.0 Å². The van der Waals surface area contributed by atoms with Crippen molar-refractivity contribution >= 4 is 17.5 Å². The highest BCUT2D eigenvalue weighted by Gasteiger charge is 2.41. The molecule has 2 aliphatic rings. The fourth-order valence-electron chi connectivity index (χ4n) is 3.41. The van der Waals surface area contributed by atoms with Crippen LogP contribution in [0.15, 0.2) is 0 Å². The zero-order chi connectivity index (χ0) is 12.1. The van der Waals surface area contributed by atoms with E-state index in [9.17, 15) is 4.79 Å². The lowest BCUT2D eigenvalue weighted by Crippen LogP contribution is -2.53. The molecule has 2 N–H and O–H groups in total. The Morgan fingerprint density at radius 1 is 1.29 bits per heavy atom. The molecule has 2 fully saturated rings. The molecule has 2 rings (SSSR count). The van der Waals surface area contributed by atoms with Gasteiger partial charge in [0, 0.05) is 18.3 Å². The maximum Gasteiger partial charge on any atom is 0.221 e. The van der Waals surface area contributed by atoms with Crippen LogP contribution in [0.3, 0.4) is 0 Å². The Morgan fingerprint density at radius 2 is 2.06 bits per heavy atom. The van der Waals surface area contributed by atoms with E-state index in [2.05, 4.69) is 10.6 Å². The Balaban J connectivity index is 1.98. The van der Waals surface area contributed by atoms with Crippen LogP contribution in [0.5, 0.6) is 0 Å². The molecule has 1 saturated carbocycles. The van der Waals surface area contributed by atoms with Crippen LogP contribution in [-0.2, 0) is 4.79 Å². The number of hydrogen-bond donors (Lipinski definition) is 2. The van der Waals surface area contributed by atoms with Crippen LogP contribution in [-0.4, -0.2) is 30.9 Å². The summed E-state index contributed by atoms with van der Waals surface area (Å²) in [5, 5.41) is 6.65. The zero-order valence-corrected chi connectivity index (χ0v) is 11.2. The molecule has 1 aliphatic carbocycles. The Kier molecular flexibility index (Phi) is 4.69. The van der Waals surface area contributed by atoms with Gasteiger partial charge in [-0.1, -0.05) is 12.8 Å². The van der Waals surface area contributed by atoms with E-state index in [0.717, 1.165) is 19.5 Å². The van der Waals surface area contributed by atoms with Gasteiger partial charge < -0.3 is 10.6 Å². The van der Waals surface area contributed by atoms with Gasteiger partial charge in [0.1, 0.15) is 0 Å². The van der Waals surface area contributed by atoms with Crippen molar-refractivity contribution in [3.8, 4) is 0 Å². The fraction of sp³-hybridized carbons (Fsp3) is 0.923. The normalized spacial score (nSPS) is 27.9. The minimum absolute atomic E-state index is 0.129. The summed E-state index contributed by atoms with van der Waals surface area (Å²) in [5.41, 5.74) is 0.367. The lowest BCUT2D eigenvalue weighted by molar-refractivity contribution is -0.123. The molecule has 0 aromatic heterocycles. The van der Waals surface area contributed by atoms with E-state index >= 15 is 0 Å². The van der Waals surface area contributed by atoms with Crippen LogP contribution >= 0.6 is 11.6 Å². The van der Waals surface area contributed by atoms with Gasteiger partial charge in [0.15, 0.2) is 0 Å². The second-order valence-corrected chi connectivity index (χ2v) is 5.80. The van der Waals surface area contributed by atoms with Crippen LogP contribution in [0.4, 0.5) is 0 Å². The standard InChI is InChI=1S/C13H23ClN2O/c14-8-4-12(17)16-11-3-1-2-5-13(11)6-9-15-10-7-13/h11,15H,1-10H2,(H,16,17). The quantitative estimate of drug-likeness (QED) is 0.761. The minimum atomic E-state index is 0.129. The minimum Gasteiger partial charge on any atom is -0.353 e. The molecule has 0 aromatic rings. The van der Waals surface area contributed by atoms with E-state index in [-0.39, 0.29) is 5.91 Å². The summed E-state index contributed by atoms with van der Waals surface area (Å²) < 4.78 is 0. The van der Waals surface area contributed by atoms with E-state index in [4.69, 9.17) is 11.6 Å². The fourth-order valence-corrected chi connectivity index (χ4v) is 3.58. The highest BCUT2D eigenvalue weighted by Crippen LogP contribution is 2.43. The molecular formula is C13H23ClN2O. The van der Waals surface area contributed by atoms with E-state index in [1.165, 1.54) is 32.1 Å². The Bertz CT molecular complexity index is 256. The van der Waals surface area contributed by atoms with Gasteiger partial charge in [-0.25, -0.2) is 0 Å². The summed E-state index contributed by atoms with van der Waals surface area (Å²) >= 11 is 5.62. The second-order valence-electron chi connectivity index (χ2n) is 5.42. The van der Waals surface area contributed by atoms with E-state index in [1.807, 2.05) is 0 Å². The van der Waals surface area contributed by atoms with Crippen LogP contribution in [0.25, 0.3) is 0 Å². The topological polar surface area (TPSA) is 41.1 Å². The third kappa shape index (κ3) is 3.14. The van der Waals surface area contributed by atoms with Crippen LogP contribution in [0, 0.1) is 5.41 Å². The van der Waals surface area contributed by atoms with Gasteiger partial charge >= 0.3 is 0 Å². The molecular weight excluding hydrogens is 236 g/mol. The van der Waals surface area contributed by atoms with Crippen molar-refractivity contribution in [3.05, 3.63) is 0 Å². The molecule has 17 heavy (non-hydrogen) atoms. The lowest BCUT2D eigenvalue weighted by Gasteiger charge is -2.47.